The van der Waals surface area contributed by atoms with E-state index in [2.05, 4.69) is 22.4 Å². The van der Waals surface area contributed by atoms with Gasteiger partial charge in [-0.25, -0.2) is 0 Å². The summed E-state index contributed by atoms with van der Waals surface area (Å²) in [6.07, 6.45) is 3.47. The molecule has 0 atom stereocenters. The number of fused-ring (bicyclic) bond motifs is 1. The van der Waals surface area contributed by atoms with Crippen LogP contribution in [0.3, 0.4) is 0 Å². The molecule has 0 unspecified atom stereocenters. The van der Waals surface area contributed by atoms with Crippen LogP contribution in [0, 0.1) is 6.92 Å². The van der Waals surface area contributed by atoms with Crippen molar-refractivity contribution in [3.63, 3.8) is 0 Å². The average Bonchev–Trinajstić information content (AvgIpc) is 2.99. The van der Waals surface area contributed by atoms with E-state index in [1.807, 2.05) is 6.07 Å². The Labute approximate surface area is 134 Å². The Morgan fingerprint density at radius 3 is 2.87 bits per heavy atom. The minimum Gasteiger partial charge on any atom is -0.492 e. The van der Waals surface area contributed by atoms with E-state index in [9.17, 15) is 9.59 Å². The van der Waals surface area contributed by atoms with Crippen LogP contribution in [0.25, 0.3) is 0 Å². The van der Waals surface area contributed by atoms with Crippen LogP contribution in [0.4, 0.5) is 0 Å². The Bertz CT molecular complexity index is 780. The molecule has 1 aliphatic rings. The van der Waals surface area contributed by atoms with Gasteiger partial charge in [0.1, 0.15) is 17.9 Å². The number of pyridine rings is 1. The second-order valence-corrected chi connectivity index (χ2v) is 5.77. The number of aryl methyl sites for hydroxylation is 3. The van der Waals surface area contributed by atoms with E-state index in [1.54, 1.807) is 13.0 Å². The molecule has 0 bridgehead atoms. The van der Waals surface area contributed by atoms with Crippen LogP contribution < -0.4 is 15.6 Å². The summed E-state index contributed by atoms with van der Waals surface area (Å²) in [5, 5.41) is 2.70. The standard InChI is InChI=1S/C18H20N2O3/c1-12-5-8-16(18(22)20-12)17(21)19-9-10-23-15-7-6-13-3-2-4-14(13)11-15/h5-8,11H,2-4,9-10H2,1H3,(H,19,21)(H,20,22). The van der Waals surface area contributed by atoms with Gasteiger partial charge in [-0.2, -0.15) is 0 Å². The molecule has 0 radical (unpaired) electrons. The van der Waals surface area contributed by atoms with Crippen molar-refractivity contribution >= 4 is 5.91 Å². The minimum atomic E-state index is -0.385. The summed E-state index contributed by atoms with van der Waals surface area (Å²) >= 11 is 0. The first-order valence-electron chi connectivity index (χ1n) is 7.86. The molecule has 1 amide bonds. The Balaban J connectivity index is 1.50. The van der Waals surface area contributed by atoms with E-state index < -0.39 is 0 Å². The van der Waals surface area contributed by atoms with E-state index in [0.717, 1.165) is 24.3 Å². The summed E-state index contributed by atoms with van der Waals surface area (Å²) in [6.45, 7) is 2.49. The number of hydrogen-bond donors (Lipinski definition) is 2. The maximum Gasteiger partial charge on any atom is 0.260 e. The maximum atomic E-state index is 12.0. The molecule has 5 heteroatoms. The average molecular weight is 312 g/mol. The normalized spacial score (nSPS) is 12.7. The van der Waals surface area contributed by atoms with Crippen molar-refractivity contribution in [3.05, 3.63) is 63.1 Å². The molecule has 0 spiro atoms. The monoisotopic (exact) mass is 312 g/mol. The number of carbonyl (C=O) groups is 1. The largest absolute Gasteiger partial charge is 0.492 e. The van der Waals surface area contributed by atoms with Crippen LogP contribution in [0.5, 0.6) is 5.75 Å². The fraction of sp³-hybridized carbons (Fsp3) is 0.333. The SMILES string of the molecule is Cc1ccc(C(=O)NCCOc2ccc3c(c2)CCC3)c(=O)[nH]1. The van der Waals surface area contributed by atoms with Gasteiger partial charge in [0.15, 0.2) is 0 Å². The molecular formula is C18H20N2O3. The van der Waals surface area contributed by atoms with Crippen molar-refractivity contribution in [1.29, 1.82) is 0 Å². The van der Waals surface area contributed by atoms with Gasteiger partial charge in [-0.1, -0.05) is 6.07 Å². The van der Waals surface area contributed by atoms with Gasteiger partial charge in [-0.3, -0.25) is 9.59 Å². The van der Waals surface area contributed by atoms with Crippen LogP contribution in [-0.4, -0.2) is 24.0 Å². The molecule has 2 aromatic rings. The number of carbonyl (C=O) groups excluding carboxylic acids is 1. The summed E-state index contributed by atoms with van der Waals surface area (Å²) in [4.78, 5) is 26.3. The van der Waals surface area contributed by atoms with Gasteiger partial charge >= 0.3 is 0 Å². The molecule has 1 aromatic carbocycles. The smallest absolute Gasteiger partial charge is 0.260 e. The first-order chi connectivity index (χ1) is 11.1. The molecule has 120 valence electrons. The lowest BCUT2D eigenvalue weighted by molar-refractivity contribution is 0.0945. The molecule has 5 nitrogen and oxygen atoms in total. The molecule has 0 fully saturated rings. The first-order valence-corrected chi connectivity index (χ1v) is 7.86. The molecule has 1 heterocycles. The highest BCUT2D eigenvalue weighted by atomic mass is 16.5. The number of benzene rings is 1. The van der Waals surface area contributed by atoms with Gasteiger partial charge in [-0.15, -0.1) is 0 Å². The zero-order valence-electron chi connectivity index (χ0n) is 13.1. The molecule has 0 aliphatic heterocycles. The van der Waals surface area contributed by atoms with Crippen LogP contribution in [0.15, 0.2) is 35.1 Å². The molecule has 23 heavy (non-hydrogen) atoms. The Morgan fingerprint density at radius 1 is 1.22 bits per heavy atom. The molecule has 0 saturated carbocycles. The van der Waals surface area contributed by atoms with Crippen molar-refractivity contribution in [2.75, 3.05) is 13.2 Å². The maximum absolute atomic E-state index is 12.0. The van der Waals surface area contributed by atoms with Crippen molar-refractivity contribution in [1.82, 2.24) is 10.3 Å². The zero-order valence-corrected chi connectivity index (χ0v) is 13.1. The van der Waals surface area contributed by atoms with Crippen molar-refractivity contribution in [2.45, 2.75) is 26.2 Å². The van der Waals surface area contributed by atoms with Gasteiger partial charge in [0.05, 0.1) is 6.54 Å². The van der Waals surface area contributed by atoms with Crippen LogP contribution in [0.1, 0.15) is 33.6 Å². The molecule has 0 saturated heterocycles. The first kappa shape index (κ1) is 15.3. The molecule has 1 aromatic heterocycles. The van der Waals surface area contributed by atoms with E-state index in [0.29, 0.717) is 13.2 Å². The number of nitrogens with one attached hydrogen (secondary N) is 2. The van der Waals surface area contributed by atoms with Crippen molar-refractivity contribution in [3.8, 4) is 5.75 Å². The van der Waals surface area contributed by atoms with Gasteiger partial charge in [-0.05, 0) is 61.6 Å². The minimum absolute atomic E-state index is 0.119. The number of ether oxygens (including phenoxy) is 1. The summed E-state index contributed by atoms with van der Waals surface area (Å²) in [5.41, 5.74) is 3.24. The second-order valence-electron chi connectivity index (χ2n) is 5.77. The lowest BCUT2D eigenvalue weighted by atomic mass is 10.1. The lowest BCUT2D eigenvalue weighted by Gasteiger charge is -2.09. The van der Waals surface area contributed by atoms with Gasteiger partial charge in [0, 0.05) is 5.69 Å². The summed E-state index contributed by atoms with van der Waals surface area (Å²) in [7, 11) is 0. The number of aromatic nitrogens is 1. The zero-order chi connectivity index (χ0) is 16.2. The van der Waals surface area contributed by atoms with Gasteiger partial charge in [0.2, 0.25) is 0 Å². The highest BCUT2D eigenvalue weighted by Crippen LogP contribution is 2.25. The number of H-pyrrole nitrogens is 1. The van der Waals surface area contributed by atoms with E-state index in [1.165, 1.54) is 23.6 Å². The number of hydrogen-bond acceptors (Lipinski definition) is 3. The molecule has 1 aliphatic carbocycles. The lowest BCUT2D eigenvalue weighted by Crippen LogP contribution is -2.32. The fourth-order valence-corrected chi connectivity index (χ4v) is 2.82. The molecular weight excluding hydrogens is 292 g/mol. The highest BCUT2D eigenvalue weighted by Gasteiger charge is 2.12. The summed E-state index contributed by atoms with van der Waals surface area (Å²) < 4.78 is 5.67. The molecule has 3 rings (SSSR count). The summed E-state index contributed by atoms with van der Waals surface area (Å²) in [5.74, 6) is 0.442. The number of rotatable bonds is 5. The third-order valence-corrected chi connectivity index (χ3v) is 4.03. The molecule has 2 N–H and O–H groups in total. The van der Waals surface area contributed by atoms with Crippen molar-refractivity contribution < 1.29 is 9.53 Å². The predicted octanol–water partition coefficient (Wildman–Crippen LogP) is 1.98. The number of amides is 1. The topological polar surface area (TPSA) is 71.2 Å². The number of aromatic amines is 1. The van der Waals surface area contributed by atoms with E-state index in [-0.39, 0.29) is 17.0 Å². The Kier molecular flexibility index (Phi) is 4.46. The van der Waals surface area contributed by atoms with Gasteiger partial charge < -0.3 is 15.0 Å². The van der Waals surface area contributed by atoms with Crippen LogP contribution in [-0.2, 0) is 12.8 Å². The third-order valence-electron chi connectivity index (χ3n) is 4.03. The highest BCUT2D eigenvalue weighted by molar-refractivity contribution is 5.93. The van der Waals surface area contributed by atoms with Crippen LogP contribution in [0.2, 0.25) is 0 Å². The quantitative estimate of drug-likeness (QED) is 0.829. The second kappa shape index (κ2) is 6.69. The fourth-order valence-electron chi connectivity index (χ4n) is 2.82. The van der Waals surface area contributed by atoms with Gasteiger partial charge in [0.25, 0.3) is 11.5 Å². The Hall–Kier alpha value is -2.56. The predicted molar refractivity (Wildman–Crippen MR) is 88.1 cm³/mol. The van der Waals surface area contributed by atoms with E-state index in [4.69, 9.17) is 4.74 Å². The summed E-state index contributed by atoms with van der Waals surface area (Å²) in [6, 6.07) is 9.40. The third kappa shape index (κ3) is 3.62. The van der Waals surface area contributed by atoms with E-state index >= 15 is 0 Å². The Morgan fingerprint density at radius 2 is 2.04 bits per heavy atom. The van der Waals surface area contributed by atoms with Crippen LogP contribution >= 0.6 is 0 Å². The van der Waals surface area contributed by atoms with Crippen molar-refractivity contribution in [2.24, 2.45) is 0 Å².